The maximum Gasteiger partial charge on any atom is 0.328 e. The minimum atomic E-state index is -0.344. The second-order valence-corrected chi connectivity index (χ2v) is 7.84. The van der Waals surface area contributed by atoms with Gasteiger partial charge in [-0.25, -0.2) is 4.39 Å². The highest BCUT2D eigenvalue weighted by Gasteiger charge is 2.14. The molecule has 0 unspecified atom stereocenters. The number of allylic oxidation sites excluding steroid dienone is 1. The molecule has 0 radical (unpaired) electrons. The maximum absolute atomic E-state index is 13.2. The molecule has 0 atom stereocenters. The number of hydrogen-bond donors (Lipinski definition) is 1. The Hall–Kier alpha value is -4.79. The van der Waals surface area contributed by atoms with Crippen molar-refractivity contribution in [3.05, 3.63) is 95.8 Å². The van der Waals surface area contributed by atoms with Crippen molar-refractivity contribution >= 4 is 29.4 Å². The van der Waals surface area contributed by atoms with Crippen LogP contribution in [0.1, 0.15) is 15.9 Å². The van der Waals surface area contributed by atoms with E-state index in [2.05, 4.69) is 20.3 Å². The summed E-state index contributed by atoms with van der Waals surface area (Å²) < 4.78 is 24.7. The van der Waals surface area contributed by atoms with Crippen LogP contribution in [0.15, 0.2) is 78.9 Å². The summed E-state index contributed by atoms with van der Waals surface area (Å²) in [4.78, 5) is 27.1. The monoisotopic (exact) mass is 485 g/mol. The Kier molecular flexibility index (Phi) is 7.50. The fraction of sp³-hybridized carbons (Fsp3) is 0.111. The lowest BCUT2D eigenvalue weighted by Crippen LogP contribution is -2.15. The van der Waals surface area contributed by atoms with Crippen LogP contribution in [0.2, 0.25) is 0 Å². The highest BCUT2D eigenvalue weighted by molar-refractivity contribution is 6.06. The van der Waals surface area contributed by atoms with Crippen molar-refractivity contribution in [2.45, 2.75) is 0 Å². The summed E-state index contributed by atoms with van der Waals surface area (Å²) in [6.45, 7) is 0. The van der Waals surface area contributed by atoms with Gasteiger partial charge < -0.3 is 19.7 Å². The van der Waals surface area contributed by atoms with E-state index in [4.69, 9.17) is 9.47 Å². The van der Waals surface area contributed by atoms with E-state index >= 15 is 0 Å². The number of hydrogen-bond acceptors (Lipinski definition) is 8. The summed E-state index contributed by atoms with van der Waals surface area (Å²) >= 11 is 0. The Morgan fingerprint density at radius 3 is 2.39 bits per heavy atom. The zero-order valence-corrected chi connectivity index (χ0v) is 20.0. The smallest absolute Gasteiger partial charge is 0.328 e. The number of aromatic nitrogens is 3. The predicted molar refractivity (Wildman–Crippen MR) is 137 cm³/mol. The largest absolute Gasteiger partial charge is 0.493 e. The number of carbonyl (C=O) groups excluding carboxylic acids is 1. The molecular formula is C27H24FN5O3. The lowest BCUT2D eigenvalue weighted by atomic mass is 10.1. The third kappa shape index (κ3) is 6.20. The third-order valence-corrected chi connectivity index (χ3v) is 4.98. The minimum Gasteiger partial charge on any atom is -0.493 e. The number of ether oxygens (including phenoxy) is 2. The van der Waals surface area contributed by atoms with E-state index in [9.17, 15) is 9.18 Å². The van der Waals surface area contributed by atoms with Crippen LogP contribution >= 0.6 is 0 Å². The van der Waals surface area contributed by atoms with Gasteiger partial charge in [0.25, 0.3) is 0 Å². The molecular weight excluding hydrogens is 461 g/mol. The molecule has 1 heterocycles. The highest BCUT2D eigenvalue weighted by atomic mass is 19.1. The fourth-order valence-corrected chi connectivity index (χ4v) is 3.15. The molecule has 3 aromatic carbocycles. The Labute approximate surface area is 208 Å². The first kappa shape index (κ1) is 24.3. The molecule has 0 saturated heterocycles. The Morgan fingerprint density at radius 1 is 0.944 bits per heavy atom. The quantitative estimate of drug-likeness (QED) is 0.245. The third-order valence-electron chi connectivity index (χ3n) is 4.98. The molecule has 182 valence electrons. The first-order valence-corrected chi connectivity index (χ1v) is 11.0. The van der Waals surface area contributed by atoms with E-state index in [0.29, 0.717) is 28.7 Å². The van der Waals surface area contributed by atoms with Gasteiger partial charge in [-0.3, -0.25) is 4.79 Å². The number of methoxy groups -OCH3 is 1. The summed E-state index contributed by atoms with van der Waals surface area (Å²) in [5, 5.41) is 3.02. The van der Waals surface area contributed by atoms with E-state index in [-0.39, 0.29) is 23.6 Å². The highest BCUT2D eigenvalue weighted by Crippen LogP contribution is 2.32. The van der Waals surface area contributed by atoms with E-state index in [1.165, 1.54) is 25.3 Å². The van der Waals surface area contributed by atoms with Gasteiger partial charge in [0.1, 0.15) is 5.82 Å². The lowest BCUT2D eigenvalue weighted by molar-refractivity contribution is 0.104. The van der Waals surface area contributed by atoms with Crippen molar-refractivity contribution < 1.29 is 18.7 Å². The van der Waals surface area contributed by atoms with Crippen LogP contribution in [0, 0.1) is 5.82 Å². The zero-order valence-electron chi connectivity index (χ0n) is 20.0. The van der Waals surface area contributed by atoms with Crippen molar-refractivity contribution in [3.63, 3.8) is 0 Å². The van der Waals surface area contributed by atoms with Gasteiger partial charge >= 0.3 is 6.01 Å². The number of carbonyl (C=O) groups is 1. The van der Waals surface area contributed by atoms with Crippen molar-refractivity contribution in [1.82, 2.24) is 15.0 Å². The molecule has 36 heavy (non-hydrogen) atoms. The molecule has 0 saturated carbocycles. The van der Waals surface area contributed by atoms with Crippen LogP contribution in [0.5, 0.6) is 17.5 Å². The van der Waals surface area contributed by atoms with Crippen LogP contribution in [-0.4, -0.2) is 41.9 Å². The second kappa shape index (κ2) is 11.1. The number of benzene rings is 3. The van der Waals surface area contributed by atoms with Gasteiger partial charge in [0, 0.05) is 25.3 Å². The predicted octanol–water partition coefficient (Wildman–Crippen LogP) is 5.52. The maximum atomic E-state index is 13.2. The molecule has 4 aromatic rings. The van der Waals surface area contributed by atoms with Crippen LogP contribution in [0.4, 0.5) is 22.0 Å². The molecule has 4 rings (SSSR count). The molecule has 0 aliphatic carbocycles. The first-order chi connectivity index (χ1) is 17.4. The van der Waals surface area contributed by atoms with E-state index in [1.807, 2.05) is 18.2 Å². The summed E-state index contributed by atoms with van der Waals surface area (Å²) in [5.41, 5.74) is 1.97. The zero-order chi connectivity index (χ0) is 25.5. The van der Waals surface area contributed by atoms with Gasteiger partial charge in [-0.2, -0.15) is 15.0 Å². The number of halogens is 1. The molecule has 0 aliphatic heterocycles. The van der Waals surface area contributed by atoms with E-state index in [1.54, 1.807) is 67.5 Å². The molecule has 0 bridgehead atoms. The van der Waals surface area contributed by atoms with Crippen molar-refractivity contribution in [2.24, 2.45) is 0 Å². The average molecular weight is 486 g/mol. The topological polar surface area (TPSA) is 89.5 Å². The standard InChI is InChI=1S/C27H24FN5O3/c1-33(2)26-30-25(29-21-13-11-20(28)12-14-21)31-27(32-26)36-23-16-10-18(17-24(23)35-3)9-15-22(34)19-7-5-4-6-8-19/h4-17H,1-3H3,(H,29,30,31,32)/b15-9+. The van der Waals surface area contributed by atoms with E-state index in [0.717, 1.165) is 5.56 Å². The van der Waals surface area contributed by atoms with Crippen molar-refractivity contribution in [3.8, 4) is 17.5 Å². The number of rotatable bonds is 9. The molecule has 1 aromatic heterocycles. The summed E-state index contributed by atoms with van der Waals surface area (Å²) in [5.74, 6) is 0.967. The molecule has 8 nitrogen and oxygen atoms in total. The number of nitrogens with one attached hydrogen (secondary N) is 1. The fourth-order valence-electron chi connectivity index (χ4n) is 3.15. The van der Waals surface area contributed by atoms with Crippen LogP contribution < -0.4 is 19.7 Å². The molecule has 0 aliphatic rings. The van der Waals surface area contributed by atoms with Gasteiger partial charge in [0.05, 0.1) is 7.11 Å². The van der Waals surface area contributed by atoms with E-state index < -0.39 is 0 Å². The second-order valence-electron chi connectivity index (χ2n) is 7.84. The number of nitrogens with zero attached hydrogens (tertiary/aromatic N) is 4. The van der Waals surface area contributed by atoms with Gasteiger partial charge in [0.2, 0.25) is 11.9 Å². The van der Waals surface area contributed by atoms with Crippen LogP contribution in [0.3, 0.4) is 0 Å². The van der Waals surface area contributed by atoms with Gasteiger partial charge in [0.15, 0.2) is 17.3 Å². The summed E-state index contributed by atoms with van der Waals surface area (Å²) in [6.07, 6.45) is 3.22. The van der Waals surface area contributed by atoms with Crippen molar-refractivity contribution in [2.75, 3.05) is 31.4 Å². The Bertz CT molecular complexity index is 1380. The minimum absolute atomic E-state index is 0.0409. The Balaban J connectivity index is 1.56. The summed E-state index contributed by atoms with van der Waals surface area (Å²) in [6, 6.07) is 20.1. The number of anilines is 3. The van der Waals surface area contributed by atoms with Crippen LogP contribution in [-0.2, 0) is 0 Å². The van der Waals surface area contributed by atoms with Gasteiger partial charge in [-0.05, 0) is 48.0 Å². The lowest BCUT2D eigenvalue weighted by Gasteiger charge is -2.15. The van der Waals surface area contributed by atoms with Gasteiger partial charge in [-0.15, -0.1) is 0 Å². The molecule has 9 heteroatoms. The molecule has 0 amide bonds. The normalized spacial score (nSPS) is 10.8. The van der Waals surface area contributed by atoms with Gasteiger partial charge in [-0.1, -0.05) is 42.5 Å². The molecule has 0 fully saturated rings. The molecule has 0 spiro atoms. The molecule has 1 N–H and O–H groups in total. The Morgan fingerprint density at radius 2 is 1.69 bits per heavy atom. The average Bonchev–Trinajstić information content (AvgIpc) is 2.89. The van der Waals surface area contributed by atoms with Crippen molar-refractivity contribution in [1.29, 1.82) is 0 Å². The summed E-state index contributed by atoms with van der Waals surface area (Å²) in [7, 11) is 5.10. The SMILES string of the molecule is COc1cc(/C=C/C(=O)c2ccccc2)ccc1Oc1nc(Nc2ccc(F)cc2)nc(N(C)C)n1. The first-order valence-electron chi connectivity index (χ1n) is 11.0. The number of ketones is 1. The van der Waals surface area contributed by atoms with Crippen LogP contribution in [0.25, 0.3) is 6.08 Å².